The Bertz CT molecular complexity index is 689. The van der Waals surface area contributed by atoms with Gasteiger partial charge in [-0.15, -0.1) is 0 Å². The fraction of sp³-hybridized carbons (Fsp3) is 0.611. The van der Waals surface area contributed by atoms with E-state index in [1.165, 1.54) is 13.4 Å². The summed E-state index contributed by atoms with van der Waals surface area (Å²) in [5, 5.41) is 5.56. The van der Waals surface area contributed by atoms with Gasteiger partial charge in [0.15, 0.2) is 0 Å². The van der Waals surface area contributed by atoms with E-state index in [2.05, 4.69) is 25.3 Å². The smallest absolute Gasteiger partial charge is 0.325 e. The average Bonchev–Trinajstić information content (AvgIpc) is 2.65. The number of hydrogen-bond donors (Lipinski definition) is 2. The van der Waals surface area contributed by atoms with Gasteiger partial charge in [-0.25, -0.2) is 9.97 Å². The third kappa shape index (κ3) is 5.22. The molecule has 2 amide bonds. The maximum Gasteiger partial charge on any atom is 0.325 e. The van der Waals surface area contributed by atoms with Crippen molar-refractivity contribution in [2.45, 2.75) is 45.3 Å². The summed E-state index contributed by atoms with van der Waals surface area (Å²) in [5.41, 5.74) is 1.69. The van der Waals surface area contributed by atoms with Crippen molar-refractivity contribution in [3.8, 4) is 0 Å². The van der Waals surface area contributed by atoms with Crippen molar-refractivity contribution < 1.29 is 23.9 Å². The number of methoxy groups -OCH3 is 2. The van der Waals surface area contributed by atoms with Crippen LogP contribution in [0.25, 0.3) is 0 Å². The van der Waals surface area contributed by atoms with E-state index in [0.717, 1.165) is 0 Å². The molecule has 0 aromatic carbocycles. The van der Waals surface area contributed by atoms with Gasteiger partial charge in [-0.1, -0.05) is 0 Å². The SMILES string of the molecule is COC(=O)CNC(=O)[C@H]1CC[C@@H](NC(=O)c2c(C)ncnc2C)[C@H](OC)C1. The molecule has 1 saturated carbocycles. The molecule has 0 saturated heterocycles. The molecule has 1 aromatic heterocycles. The number of carbonyl (C=O) groups excluding carboxylic acids is 3. The van der Waals surface area contributed by atoms with Crippen molar-refractivity contribution in [2.24, 2.45) is 5.92 Å². The summed E-state index contributed by atoms with van der Waals surface area (Å²) in [6.45, 7) is 3.37. The van der Waals surface area contributed by atoms with E-state index >= 15 is 0 Å². The number of hydrogen-bond acceptors (Lipinski definition) is 7. The summed E-state index contributed by atoms with van der Waals surface area (Å²) >= 11 is 0. The highest BCUT2D eigenvalue weighted by Gasteiger charge is 2.35. The molecule has 1 heterocycles. The Labute approximate surface area is 158 Å². The Balaban J connectivity index is 1.97. The molecule has 0 unspecified atom stereocenters. The van der Waals surface area contributed by atoms with Gasteiger partial charge in [0.25, 0.3) is 5.91 Å². The van der Waals surface area contributed by atoms with E-state index < -0.39 is 5.97 Å². The van der Waals surface area contributed by atoms with Crippen LogP contribution in [0.3, 0.4) is 0 Å². The van der Waals surface area contributed by atoms with E-state index in [0.29, 0.717) is 36.2 Å². The summed E-state index contributed by atoms with van der Waals surface area (Å²) in [5.74, 6) is -1.23. The molecule has 9 nitrogen and oxygen atoms in total. The number of carbonyl (C=O) groups is 3. The third-order valence-electron chi connectivity index (χ3n) is 4.87. The molecule has 1 aromatic rings. The predicted molar refractivity (Wildman–Crippen MR) is 95.9 cm³/mol. The Morgan fingerprint density at radius 3 is 2.41 bits per heavy atom. The van der Waals surface area contributed by atoms with Crippen LogP contribution >= 0.6 is 0 Å². The predicted octanol–water partition coefficient (Wildman–Crippen LogP) is 0.296. The van der Waals surface area contributed by atoms with Crippen LogP contribution in [-0.2, 0) is 19.1 Å². The van der Waals surface area contributed by atoms with Gasteiger partial charge in [0, 0.05) is 13.0 Å². The van der Waals surface area contributed by atoms with Crippen molar-refractivity contribution in [3.63, 3.8) is 0 Å². The summed E-state index contributed by atoms with van der Waals surface area (Å²) in [6.07, 6.45) is 2.75. The van der Waals surface area contributed by atoms with Gasteiger partial charge in [0.05, 0.1) is 36.2 Å². The van der Waals surface area contributed by atoms with Gasteiger partial charge in [0.2, 0.25) is 5.91 Å². The molecule has 0 bridgehead atoms. The van der Waals surface area contributed by atoms with Crippen LogP contribution in [0.1, 0.15) is 41.0 Å². The molecular weight excluding hydrogens is 352 g/mol. The first-order valence-electron chi connectivity index (χ1n) is 8.83. The first-order chi connectivity index (χ1) is 12.9. The van der Waals surface area contributed by atoms with Crippen molar-refractivity contribution >= 4 is 17.8 Å². The zero-order chi connectivity index (χ0) is 20.0. The zero-order valence-electron chi connectivity index (χ0n) is 16.1. The molecule has 0 spiro atoms. The number of rotatable bonds is 6. The molecule has 2 N–H and O–H groups in total. The molecule has 27 heavy (non-hydrogen) atoms. The van der Waals surface area contributed by atoms with Gasteiger partial charge < -0.3 is 20.1 Å². The highest BCUT2D eigenvalue weighted by molar-refractivity contribution is 5.96. The Morgan fingerprint density at radius 2 is 1.81 bits per heavy atom. The molecule has 1 aliphatic carbocycles. The monoisotopic (exact) mass is 378 g/mol. The van der Waals surface area contributed by atoms with Gasteiger partial charge in [-0.05, 0) is 33.1 Å². The second kappa shape index (κ2) is 9.40. The summed E-state index contributed by atoms with van der Waals surface area (Å²) in [6, 6.07) is -0.217. The molecule has 0 aliphatic heterocycles. The molecule has 2 rings (SSSR count). The lowest BCUT2D eigenvalue weighted by molar-refractivity contribution is -0.142. The van der Waals surface area contributed by atoms with Crippen molar-refractivity contribution in [1.82, 2.24) is 20.6 Å². The number of aromatic nitrogens is 2. The second-order valence-electron chi connectivity index (χ2n) is 6.58. The minimum Gasteiger partial charge on any atom is -0.468 e. The topological polar surface area (TPSA) is 120 Å². The normalized spacial score (nSPS) is 22.0. The van der Waals surface area contributed by atoms with E-state index in [9.17, 15) is 14.4 Å². The van der Waals surface area contributed by atoms with Crippen LogP contribution in [0, 0.1) is 19.8 Å². The van der Waals surface area contributed by atoms with Crippen molar-refractivity contribution in [1.29, 1.82) is 0 Å². The minimum absolute atomic E-state index is 0.157. The van der Waals surface area contributed by atoms with Gasteiger partial charge in [-0.3, -0.25) is 14.4 Å². The molecule has 3 atom stereocenters. The first kappa shape index (κ1) is 20.8. The minimum atomic E-state index is -0.497. The molecule has 0 radical (unpaired) electrons. The summed E-state index contributed by atoms with van der Waals surface area (Å²) in [4.78, 5) is 44.2. The van der Waals surface area contributed by atoms with Crippen LogP contribution in [0.5, 0.6) is 0 Å². The Hall–Kier alpha value is -2.55. The molecular formula is C18H26N4O5. The van der Waals surface area contributed by atoms with Gasteiger partial charge >= 0.3 is 5.97 Å². The first-order valence-corrected chi connectivity index (χ1v) is 8.83. The number of nitrogens with one attached hydrogen (secondary N) is 2. The number of nitrogens with zero attached hydrogens (tertiary/aromatic N) is 2. The lowest BCUT2D eigenvalue weighted by Crippen LogP contribution is -2.50. The van der Waals surface area contributed by atoms with Crippen LogP contribution in [0.15, 0.2) is 6.33 Å². The largest absolute Gasteiger partial charge is 0.468 e. The molecule has 148 valence electrons. The maximum absolute atomic E-state index is 12.7. The zero-order valence-corrected chi connectivity index (χ0v) is 16.1. The van der Waals surface area contributed by atoms with E-state index in [4.69, 9.17) is 4.74 Å². The van der Waals surface area contributed by atoms with E-state index in [1.54, 1.807) is 21.0 Å². The van der Waals surface area contributed by atoms with E-state index in [-0.39, 0.29) is 36.4 Å². The lowest BCUT2D eigenvalue weighted by atomic mass is 9.83. The molecule has 1 fully saturated rings. The van der Waals surface area contributed by atoms with Gasteiger partial charge in [0.1, 0.15) is 12.9 Å². The molecule has 1 aliphatic rings. The quantitative estimate of drug-likeness (QED) is 0.683. The van der Waals surface area contributed by atoms with Crippen LogP contribution < -0.4 is 10.6 Å². The summed E-state index contributed by atoms with van der Waals surface area (Å²) < 4.78 is 10.0. The Morgan fingerprint density at radius 1 is 1.15 bits per heavy atom. The fourth-order valence-corrected chi connectivity index (χ4v) is 3.33. The second-order valence-corrected chi connectivity index (χ2v) is 6.58. The van der Waals surface area contributed by atoms with Crippen LogP contribution in [0.4, 0.5) is 0 Å². The number of amides is 2. The number of ether oxygens (including phenoxy) is 2. The summed E-state index contributed by atoms with van der Waals surface area (Å²) in [7, 11) is 2.82. The van der Waals surface area contributed by atoms with E-state index in [1.807, 2.05) is 0 Å². The van der Waals surface area contributed by atoms with Crippen LogP contribution in [0.2, 0.25) is 0 Å². The number of aryl methyl sites for hydroxylation is 2. The number of esters is 1. The van der Waals surface area contributed by atoms with Crippen molar-refractivity contribution in [2.75, 3.05) is 20.8 Å². The maximum atomic E-state index is 12.7. The fourth-order valence-electron chi connectivity index (χ4n) is 3.33. The average molecular weight is 378 g/mol. The standard InChI is InChI=1S/C18H26N4O5/c1-10-16(11(2)21-9-20-10)18(25)22-13-6-5-12(7-14(13)26-3)17(24)19-8-15(23)27-4/h9,12-14H,5-8H2,1-4H3,(H,19,24)(H,22,25)/t12-,13+,14+/m0/s1. The molecule has 9 heteroatoms. The van der Waals surface area contributed by atoms with Crippen LogP contribution in [-0.4, -0.2) is 60.7 Å². The van der Waals surface area contributed by atoms with Gasteiger partial charge in [-0.2, -0.15) is 0 Å². The highest BCUT2D eigenvalue weighted by Crippen LogP contribution is 2.27. The lowest BCUT2D eigenvalue weighted by Gasteiger charge is -2.35. The third-order valence-corrected chi connectivity index (χ3v) is 4.87. The van der Waals surface area contributed by atoms with Crippen molar-refractivity contribution in [3.05, 3.63) is 23.3 Å². The Kier molecular flexibility index (Phi) is 7.23. The highest BCUT2D eigenvalue weighted by atomic mass is 16.5.